The lowest BCUT2D eigenvalue weighted by atomic mass is 9.95. The maximum absolute atomic E-state index is 12.7. The van der Waals surface area contributed by atoms with Crippen LogP contribution in [0.4, 0.5) is 4.39 Å². The van der Waals surface area contributed by atoms with E-state index in [4.69, 9.17) is 12.6 Å². The molecule has 0 aliphatic heterocycles. The molecule has 0 heterocycles. The molecule has 0 N–H and O–H groups in total. The van der Waals surface area contributed by atoms with Crippen LogP contribution < -0.4 is 10.2 Å². The lowest BCUT2D eigenvalue weighted by Crippen LogP contribution is -2.07. The third-order valence-electron chi connectivity index (χ3n) is 1.27. The van der Waals surface area contributed by atoms with Crippen LogP contribution in [0.3, 0.4) is 0 Å². The van der Waals surface area contributed by atoms with Crippen LogP contribution in [0.25, 0.3) is 0 Å². The summed E-state index contributed by atoms with van der Waals surface area (Å²) in [6.07, 6.45) is 0. The van der Waals surface area contributed by atoms with Crippen LogP contribution in [0.15, 0.2) is 16.6 Å². The zero-order valence-corrected chi connectivity index (χ0v) is 7.48. The van der Waals surface area contributed by atoms with Crippen LogP contribution in [0.2, 0.25) is 0 Å². The molecule has 0 fully saturated rings. The predicted molar refractivity (Wildman–Crippen MR) is 46.0 cm³/mol. The highest BCUT2D eigenvalue weighted by Crippen LogP contribution is 2.18. The van der Waals surface area contributed by atoms with Gasteiger partial charge in [0.1, 0.15) is 19.4 Å². The standard InChI is InChI=1S/C7H5BBrFO/c1-11-7-3-5(9)6(10)2-4(7)8/h2-3H,1H3. The molecule has 0 atom stereocenters. The normalized spacial score (nSPS) is 9.73. The molecular weight excluding hydrogens is 210 g/mol. The van der Waals surface area contributed by atoms with E-state index in [2.05, 4.69) is 15.9 Å². The van der Waals surface area contributed by atoms with E-state index in [0.29, 0.717) is 15.7 Å². The molecule has 1 aromatic rings. The van der Waals surface area contributed by atoms with Crippen LogP contribution >= 0.6 is 15.9 Å². The monoisotopic (exact) mass is 214 g/mol. The van der Waals surface area contributed by atoms with Crippen LogP contribution in [-0.2, 0) is 0 Å². The van der Waals surface area contributed by atoms with Gasteiger partial charge < -0.3 is 4.74 Å². The average Bonchev–Trinajstić information content (AvgIpc) is 1.97. The first kappa shape index (κ1) is 8.59. The molecular formula is C7H5BBrFO. The largest absolute Gasteiger partial charge is 0.497 e. The van der Waals surface area contributed by atoms with Gasteiger partial charge in [0.25, 0.3) is 0 Å². The molecule has 0 aliphatic carbocycles. The smallest absolute Gasteiger partial charge is 0.137 e. The summed E-state index contributed by atoms with van der Waals surface area (Å²) in [7, 11) is 6.90. The molecule has 0 saturated carbocycles. The fraction of sp³-hybridized carbons (Fsp3) is 0.143. The zero-order valence-electron chi connectivity index (χ0n) is 5.90. The minimum Gasteiger partial charge on any atom is -0.497 e. The lowest BCUT2D eigenvalue weighted by molar-refractivity contribution is 0.417. The number of ether oxygens (including phenoxy) is 1. The third-order valence-corrected chi connectivity index (χ3v) is 1.88. The highest BCUT2D eigenvalue weighted by Gasteiger charge is 2.03. The Balaban J connectivity index is 3.21. The summed E-state index contributed by atoms with van der Waals surface area (Å²) in [5.74, 6) is 0.0848. The van der Waals surface area contributed by atoms with Gasteiger partial charge in [-0.3, -0.25) is 0 Å². The van der Waals surface area contributed by atoms with Gasteiger partial charge in [0, 0.05) is 0 Å². The molecule has 1 nitrogen and oxygen atoms in total. The van der Waals surface area contributed by atoms with E-state index in [9.17, 15) is 4.39 Å². The Morgan fingerprint density at radius 2 is 2.18 bits per heavy atom. The Kier molecular flexibility index (Phi) is 2.55. The van der Waals surface area contributed by atoms with Crippen molar-refractivity contribution in [2.75, 3.05) is 7.11 Å². The number of methoxy groups -OCH3 is 1. The minimum atomic E-state index is -0.386. The maximum Gasteiger partial charge on any atom is 0.137 e. The number of halogens is 2. The third kappa shape index (κ3) is 1.74. The van der Waals surface area contributed by atoms with Gasteiger partial charge in [-0.25, -0.2) is 4.39 Å². The van der Waals surface area contributed by atoms with E-state index in [1.807, 2.05) is 0 Å². The van der Waals surface area contributed by atoms with Crippen molar-refractivity contribution in [3.05, 3.63) is 22.4 Å². The Morgan fingerprint density at radius 1 is 1.55 bits per heavy atom. The molecule has 0 saturated heterocycles. The summed E-state index contributed by atoms with van der Waals surface area (Å²) in [5.41, 5.74) is 0.299. The second kappa shape index (κ2) is 3.26. The first-order chi connectivity index (χ1) is 5.15. The van der Waals surface area contributed by atoms with Crippen molar-refractivity contribution >= 4 is 29.2 Å². The summed E-state index contributed by atoms with van der Waals surface area (Å²) in [5, 5.41) is 0. The highest BCUT2D eigenvalue weighted by atomic mass is 79.9. The molecule has 0 spiro atoms. The number of hydrogen-bond donors (Lipinski definition) is 0. The van der Waals surface area contributed by atoms with E-state index in [-0.39, 0.29) is 5.82 Å². The summed E-state index contributed by atoms with van der Waals surface area (Å²) in [6, 6.07) is 2.70. The van der Waals surface area contributed by atoms with Crippen LogP contribution in [0, 0.1) is 5.82 Å². The Morgan fingerprint density at radius 3 is 2.73 bits per heavy atom. The van der Waals surface area contributed by atoms with E-state index >= 15 is 0 Å². The SMILES string of the molecule is [B]c1cc(F)c(Br)cc1OC. The van der Waals surface area contributed by atoms with E-state index in [0.717, 1.165) is 0 Å². The average molecular weight is 215 g/mol. The van der Waals surface area contributed by atoms with Crippen LogP contribution in [0.5, 0.6) is 5.75 Å². The topological polar surface area (TPSA) is 9.23 Å². The molecule has 0 aliphatic rings. The summed E-state index contributed by atoms with van der Waals surface area (Å²) < 4.78 is 17.9. The van der Waals surface area contributed by atoms with Crippen LogP contribution in [0.1, 0.15) is 0 Å². The van der Waals surface area contributed by atoms with Crippen molar-refractivity contribution in [2.24, 2.45) is 0 Å². The van der Waals surface area contributed by atoms with Crippen molar-refractivity contribution in [2.45, 2.75) is 0 Å². The van der Waals surface area contributed by atoms with Gasteiger partial charge in [-0.2, -0.15) is 0 Å². The molecule has 2 radical (unpaired) electrons. The second-order valence-corrected chi connectivity index (χ2v) is 2.86. The Bertz CT molecular complexity index is 277. The van der Waals surface area contributed by atoms with Crippen molar-refractivity contribution in [1.29, 1.82) is 0 Å². The molecule has 0 unspecified atom stereocenters. The van der Waals surface area contributed by atoms with Crippen molar-refractivity contribution in [3.8, 4) is 5.75 Å². The van der Waals surface area contributed by atoms with Gasteiger partial charge >= 0.3 is 0 Å². The molecule has 4 heteroatoms. The first-order valence-electron chi connectivity index (χ1n) is 2.93. The Hall–Kier alpha value is -0.505. The van der Waals surface area contributed by atoms with Crippen molar-refractivity contribution < 1.29 is 9.13 Å². The molecule has 0 bridgehead atoms. The maximum atomic E-state index is 12.7. The van der Waals surface area contributed by atoms with E-state index < -0.39 is 0 Å². The fourth-order valence-corrected chi connectivity index (χ4v) is 1.04. The second-order valence-electron chi connectivity index (χ2n) is 2.01. The molecule has 0 amide bonds. The van der Waals surface area contributed by atoms with E-state index in [1.54, 1.807) is 0 Å². The van der Waals surface area contributed by atoms with Crippen molar-refractivity contribution in [3.63, 3.8) is 0 Å². The van der Waals surface area contributed by atoms with Crippen LogP contribution in [-0.4, -0.2) is 15.0 Å². The van der Waals surface area contributed by atoms with Gasteiger partial charge in [0.15, 0.2) is 0 Å². The summed E-state index contributed by atoms with van der Waals surface area (Å²) in [6.45, 7) is 0. The number of rotatable bonds is 1. The molecule has 11 heavy (non-hydrogen) atoms. The van der Waals surface area contributed by atoms with E-state index in [1.165, 1.54) is 19.2 Å². The van der Waals surface area contributed by atoms with Gasteiger partial charge in [-0.1, -0.05) is 5.46 Å². The highest BCUT2D eigenvalue weighted by molar-refractivity contribution is 9.10. The van der Waals surface area contributed by atoms with Gasteiger partial charge in [0.05, 0.1) is 11.6 Å². The molecule has 1 aromatic carbocycles. The van der Waals surface area contributed by atoms with Gasteiger partial charge in [-0.05, 0) is 28.1 Å². The Labute approximate surface area is 74.1 Å². The van der Waals surface area contributed by atoms with Gasteiger partial charge in [-0.15, -0.1) is 0 Å². The molecule has 1 rings (SSSR count). The first-order valence-corrected chi connectivity index (χ1v) is 3.73. The quantitative estimate of drug-likeness (QED) is 0.643. The zero-order chi connectivity index (χ0) is 8.43. The fourth-order valence-electron chi connectivity index (χ4n) is 0.721. The molecule has 0 aromatic heterocycles. The summed E-state index contributed by atoms with van der Waals surface area (Å²) in [4.78, 5) is 0. The number of benzene rings is 1. The minimum absolute atomic E-state index is 0.299. The van der Waals surface area contributed by atoms with Crippen molar-refractivity contribution in [1.82, 2.24) is 0 Å². The predicted octanol–water partition coefficient (Wildman–Crippen LogP) is 1.39. The van der Waals surface area contributed by atoms with Gasteiger partial charge in [0.2, 0.25) is 0 Å². The lowest BCUT2D eigenvalue weighted by Gasteiger charge is -2.05. The summed E-state index contributed by atoms with van der Waals surface area (Å²) >= 11 is 3.01. The molecule has 56 valence electrons. The number of hydrogen-bond acceptors (Lipinski definition) is 1.